The number of pyridine rings is 1. The SMILES string of the molecule is NC(=O)C(O)C(O)c1ccc(C=O)nc1. The highest BCUT2D eigenvalue weighted by Gasteiger charge is 2.23. The molecule has 0 saturated heterocycles. The van der Waals surface area contributed by atoms with E-state index < -0.39 is 18.1 Å². The van der Waals surface area contributed by atoms with E-state index in [2.05, 4.69) is 4.98 Å². The Labute approximate surface area is 85.4 Å². The monoisotopic (exact) mass is 210 g/mol. The molecule has 2 unspecified atom stereocenters. The summed E-state index contributed by atoms with van der Waals surface area (Å²) >= 11 is 0. The maximum Gasteiger partial charge on any atom is 0.249 e. The van der Waals surface area contributed by atoms with Crippen LogP contribution in [0.3, 0.4) is 0 Å². The number of amides is 1. The van der Waals surface area contributed by atoms with Gasteiger partial charge in [-0.15, -0.1) is 0 Å². The minimum Gasteiger partial charge on any atom is -0.385 e. The van der Waals surface area contributed by atoms with Crippen molar-refractivity contribution in [3.63, 3.8) is 0 Å². The van der Waals surface area contributed by atoms with Gasteiger partial charge in [0.25, 0.3) is 0 Å². The maximum absolute atomic E-state index is 10.6. The fraction of sp³-hybridized carbons (Fsp3) is 0.222. The third-order valence-corrected chi connectivity index (χ3v) is 1.86. The van der Waals surface area contributed by atoms with Crippen LogP contribution in [0, 0.1) is 0 Å². The largest absolute Gasteiger partial charge is 0.385 e. The van der Waals surface area contributed by atoms with Gasteiger partial charge in [0.1, 0.15) is 11.8 Å². The highest BCUT2D eigenvalue weighted by atomic mass is 16.3. The van der Waals surface area contributed by atoms with E-state index in [9.17, 15) is 14.7 Å². The molecule has 0 aliphatic carbocycles. The molecule has 4 N–H and O–H groups in total. The minimum atomic E-state index is -1.69. The van der Waals surface area contributed by atoms with Crippen molar-refractivity contribution in [2.24, 2.45) is 5.73 Å². The summed E-state index contributed by atoms with van der Waals surface area (Å²) in [6.07, 6.45) is -1.38. The maximum atomic E-state index is 10.6. The number of aldehydes is 1. The predicted molar refractivity (Wildman–Crippen MR) is 49.8 cm³/mol. The van der Waals surface area contributed by atoms with E-state index in [1.54, 1.807) is 0 Å². The second-order valence-electron chi connectivity index (χ2n) is 2.93. The van der Waals surface area contributed by atoms with Crippen molar-refractivity contribution < 1.29 is 19.8 Å². The fourth-order valence-corrected chi connectivity index (χ4v) is 0.999. The molecule has 0 fully saturated rings. The van der Waals surface area contributed by atoms with Crippen LogP contribution in [0.1, 0.15) is 22.2 Å². The van der Waals surface area contributed by atoms with Crippen LogP contribution in [0.25, 0.3) is 0 Å². The third kappa shape index (κ3) is 2.58. The Bertz CT molecular complexity index is 363. The van der Waals surface area contributed by atoms with E-state index in [1.807, 2.05) is 0 Å². The molecule has 6 nitrogen and oxygen atoms in total. The Kier molecular flexibility index (Phi) is 3.48. The summed E-state index contributed by atoms with van der Waals surface area (Å²) < 4.78 is 0. The predicted octanol–water partition coefficient (Wildman–Crippen LogP) is -1.23. The number of primary amides is 1. The van der Waals surface area contributed by atoms with Crippen LogP contribution < -0.4 is 5.73 Å². The second kappa shape index (κ2) is 4.63. The number of nitrogens with zero attached hydrogens (tertiary/aromatic N) is 1. The fourth-order valence-electron chi connectivity index (χ4n) is 0.999. The smallest absolute Gasteiger partial charge is 0.249 e. The Hall–Kier alpha value is -1.79. The van der Waals surface area contributed by atoms with Crippen LogP contribution in [0.2, 0.25) is 0 Å². The first-order chi connectivity index (χ1) is 7.06. The lowest BCUT2D eigenvalue weighted by Gasteiger charge is -2.14. The molecule has 15 heavy (non-hydrogen) atoms. The third-order valence-electron chi connectivity index (χ3n) is 1.86. The molecule has 0 aliphatic rings. The van der Waals surface area contributed by atoms with Gasteiger partial charge in [0.05, 0.1) is 0 Å². The molecule has 0 spiro atoms. The molecule has 0 radical (unpaired) electrons. The molecule has 0 aromatic carbocycles. The highest BCUT2D eigenvalue weighted by Crippen LogP contribution is 2.15. The van der Waals surface area contributed by atoms with E-state index in [-0.39, 0.29) is 11.3 Å². The van der Waals surface area contributed by atoms with Gasteiger partial charge in [-0.05, 0) is 6.07 Å². The summed E-state index contributed by atoms with van der Waals surface area (Å²) in [5, 5.41) is 18.6. The Morgan fingerprint density at radius 2 is 2.13 bits per heavy atom. The van der Waals surface area contributed by atoms with Crippen LogP contribution in [0.5, 0.6) is 0 Å². The average molecular weight is 210 g/mol. The van der Waals surface area contributed by atoms with E-state index >= 15 is 0 Å². The number of hydrogen-bond donors (Lipinski definition) is 3. The van der Waals surface area contributed by atoms with Gasteiger partial charge < -0.3 is 15.9 Å². The molecule has 1 aromatic heterocycles. The molecule has 1 heterocycles. The number of aliphatic hydroxyl groups is 2. The van der Waals surface area contributed by atoms with Crippen LogP contribution in [-0.2, 0) is 4.79 Å². The van der Waals surface area contributed by atoms with E-state index in [1.165, 1.54) is 18.3 Å². The van der Waals surface area contributed by atoms with Crippen molar-refractivity contribution in [1.29, 1.82) is 0 Å². The molecule has 2 atom stereocenters. The van der Waals surface area contributed by atoms with Gasteiger partial charge in [0, 0.05) is 11.8 Å². The number of carbonyl (C=O) groups is 2. The number of carbonyl (C=O) groups excluding carboxylic acids is 2. The first kappa shape index (κ1) is 11.3. The van der Waals surface area contributed by atoms with Crippen LogP contribution in [0.4, 0.5) is 0 Å². The summed E-state index contributed by atoms with van der Waals surface area (Å²) in [5.74, 6) is -1.03. The van der Waals surface area contributed by atoms with Gasteiger partial charge >= 0.3 is 0 Å². The Morgan fingerprint density at radius 3 is 2.53 bits per heavy atom. The summed E-state index contributed by atoms with van der Waals surface area (Å²) in [5.41, 5.74) is 5.21. The lowest BCUT2D eigenvalue weighted by atomic mass is 10.1. The molecule has 6 heteroatoms. The number of aliphatic hydroxyl groups excluding tert-OH is 2. The van der Waals surface area contributed by atoms with Gasteiger partial charge in [0.15, 0.2) is 12.4 Å². The molecule has 0 saturated carbocycles. The molecule has 0 bridgehead atoms. The molecule has 1 aromatic rings. The van der Waals surface area contributed by atoms with Crippen molar-refractivity contribution in [3.8, 4) is 0 Å². The van der Waals surface area contributed by atoms with E-state index in [0.29, 0.717) is 6.29 Å². The topological polar surface area (TPSA) is 114 Å². The van der Waals surface area contributed by atoms with Gasteiger partial charge in [-0.25, -0.2) is 0 Å². The number of aromatic nitrogens is 1. The normalized spacial score (nSPS) is 14.3. The summed E-state index contributed by atoms with van der Waals surface area (Å²) in [6, 6.07) is 2.74. The van der Waals surface area contributed by atoms with Crippen LogP contribution in [-0.4, -0.2) is 33.5 Å². The number of hydrogen-bond acceptors (Lipinski definition) is 5. The van der Waals surface area contributed by atoms with E-state index in [4.69, 9.17) is 10.8 Å². The zero-order valence-electron chi connectivity index (χ0n) is 7.70. The Morgan fingerprint density at radius 1 is 1.47 bits per heavy atom. The first-order valence-corrected chi connectivity index (χ1v) is 4.13. The van der Waals surface area contributed by atoms with Crippen molar-refractivity contribution in [1.82, 2.24) is 4.98 Å². The molecule has 80 valence electrons. The van der Waals surface area contributed by atoms with Crippen LogP contribution >= 0.6 is 0 Å². The second-order valence-corrected chi connectivity index (χ2v) is 2.93. The van der Waals surface area contributed by atoms with Gasteiger partial charge in [-0.3, -0.25) is 14.6 Å². The van der Waals surface area contributed by atoms with Gasteiger partial charge in [0.2, 0.25) is 5.91 Å². The lowest BCUT2D eigenvalue weighted by molar-refractivity contribution is -0.131. The van der Waals surface area contributed by atoms with Crippen molar-refractivity contribution in [2.75, 3.05) is 0 Å². The van der Waals surface area contributed by atoms with Gasteiger partial charge in [-0.1, -0.05) is 6.07 Å². The quantitative estimate of drug-likeness (QED) is 0.538. The number of nitrogens with two attached hydrogens (primary N) is 1. The van der Waals surface area contributed by atoms with Gasteiger partial charge in [-0.2, -0.15) is 0 Å². The molecule has 0 aliphatic heterocycles. The molecule has 1 rings (SSSR count). The minimum absolute atomic E-state index is 0.194. The molecule has 1 amide bonds. The highest BCUT2D eigenvalue weighted by molar-refractivity contribution is 5.79. The van der Waals surface area contributed by atoms with Crippen molar-refractivity contribution >= 4 is 12.2 Å². The lowest BCUT2D eigenvalue weighted by Crippen LogP contribution is -2.33. The standard InChI is InChI=1S/C9H10N2O4/c10-9(15)8(14)7(13)5-1-2-6(4-12)11-3-5/h1-4,7-8,13-14H,(H2,10,15). The van der Waals surface area contributed by atoms with Crippen LogP contribution in [0.15, 0.2) is 18.3 Å². The average Bonchev–Trinajstić information content (AvgIpc) is 2.27. The zero-order chi connectivity index (χ0) is 11.4. The van der Waals surface area contributed by atoms with Crippen molar-refractivity contribution in [2.45, 2.75) is 12.2 Å². The first-order valence-electron chi connectivity index (χ1n) is 4.13. The molecular formula is C9H10N2O4. The summed E-state index contributed by atoms with van der Waals surface area (Å²) in [7, 11) is 0. The summed E-state index contributed by atoms with van der Waals surface area (Å²) in [6.45, 7) is 0. The zero-order valence-corrected chi connectivity index (χ0v) is 7.70. The summed E-state index contributed by atoms with van der Waals surface area (Å²) in [4.78, 5) is 24.5. The molecular weight excluding hydrogens is 200 g/mol. The van der Waals surface area contributed by atoms with Crippen molar-refractivity contribution in [3.05, 3.63) is 29.6 Å². The number of rotatable bonds is 4. The Balaban J connectivity index is 2.86. The van der Waals surface area contributed by atoms with E-state index in [0.717, 1.165) is 0 Å².